The van der Waals surface area contributed by atoms with Gasteiger partial charge in [0.05, 0.1) is 6.54 Å². The Morgan fingerprint density at radius 1 is 1.08 bits per heavy atom. The second kappa shape index (κ2) is 7.61. The normalized spacial score (nSPS) is 17.2. The van der Waals surface area contributed by atoms with Gasteiger partial charge in [0, 0.05) is 69.3 Å². The minimum Gasteiger partial charge on any atom is -0.333 e. The number of imidazole rings is 1. The third-order valence-corrected chi connectivity index (χ3v) is 4.65. The number of aromatic nitrogens is 5. The number of rotatable bonds is 5. The van der Waals surface area contributed by atoms with Crippen LogP contribution in [0.4, 0.5) is 5.95 Å². The largest absolute Gasteiger partial charge is 0.333 e. The number of pyridine rings is 1. The average molecular weight is 349 g/mol. The van der Waals surface area contributed by atoms with Crippen LogP contribution in [0.2, 0.25) is 0 Å². The van der Waals surface area contributed by atoms with E-state index >= 15 is 0 Å². The lowest BCUT2D eigenvalue weighted by Crippen LogP contribution is -2.35. The van der Waals surface area contributed by atoms with E-state index in [0.717, 1.165) is 44.5 Å². The average Bonchev–Trinajstić information content (AvgIpc) is 3.02. The van der Waals surface area contributed by atoms with Crippen molar-refractivity contribution in [3.05, 3.63) is 66.8 Å². The Morgan fingerprint density at radius 3 is 2.77 bits per heavy atom. The first-order valence-corrected chi connectivity index (χ1v) is 8.87. The topological polar surface area (TPSA) is 63.0 Å². The summed E-state index contributed by atoms with van der Waals surface area (Å²) in [7, 11) is 2.16. The maximum atomic E-state index is 4.52. The molecule has 0 amide bonds. The summed E-state index contributed by atoms with van der Waals surface area (Å²) in [6, 6.07) is 5.96. The maximum Gasteiger partial charge on any atom is 0.225 e. The highest BCUT2D eigenvalue weighted by Gasteiger charge is 2.24. The summed E-state index contributed by atoms with van der Waals surface area (Å²) in [6.45, 7) is 4.47. The van der Waals surface area contributed by atoms with Crippen LogP contribution in [0.15, 0.2) is 55.4 Å². The highest BCUT2D eigenvalue weighted by atomic mass is 15.3. The van der Waals surface area contributed by atoms with Crippen LogP contribution in [0, 0.1) is 5.92 Å². The molecule has 1 unspecified atom stereocenters. The van der Waals surface area contributed by atoms with Gasteiger partial charge in [-0.25, -0.2) is 15.0 Å². The number of hydrogen-bond acceptors (Lipinski definition) is 6. The molecule has 0 aliphatic carbocycles. The highest BCUT2D eigenvalue weighted by molar-refractivity contribution is 5.30. The Kier molecular flexibility index (Phi) is 4.88. The molecule has 7 nitrogen and oxygen atoms in total. The molecule has 3 aromatic heterocycles. The number of anilines is 1. The third-order valence-electron chi connectivity index (χ3n) is 4.65. The molecule has 26 heavy (non-hydrogen) atoms. The monoisotopic (exact) mass is 349 g/mol. The molecule has 3 aromatic rings. The molecule has 7 heteroatoms. The first-order valence-electron chi connectivity index (χ1n) is 8.87. The fourth-order valence-electron chi connectivity index (χ4n) is 3.57. The van der Waals surface area contributed by atoms with Crippen molar-refractivity contribution in [2.24, 2.45) is 5.92 Å². The van der Waals surface area contributed by atoms with Gasteiger partial charge in [0.15, 0.2) is 0 Å². The summed E-state index contributed by atoms with van der Waals surface area (Å²) >= 11 is 0. The van der Waals surface area contributed by atoms with E-state index < -0.39 is 0 Å². The van der Waals surface area contributed by atoms with Gasteiger partial charge in [-0.2, -0.15) is 0 Å². The number of fused-ring (bicyclic) bond motifs is 1. The quantitative estimate of drug-likeness (QED) is 0.700. The Hall–Kier alpha value is -2.80. The predicted molar refractivity (Wildman–Crippen MR) is 99.4 cm³/mol. The zero-order valence-electron chi connectivity index (χ0n) is 14.9. The third kappa shape index (κ3) is 3.88. The van der Waals surface area contributed by atoms with E-state index in [2.05, 4.69) is 53.6 Å². The molecule has 0 aromatic carbocycles. The summed E-state index contributed by atoms with van der Waals surface area (Å²) in [5.74, 6) is 2.29. The standard InChI is InChI=1S/C19H23N7/c1-24(11-16-4-2-5-20-10-16)12-17-13-25-9-8-21-18(25)15-26(14-17)19-22-6-3-7-23-19/h2-10,17H,11-15H2,1H3. The van der Waals surface area contributed by atoms with Crippen molar-refractivity contribution in [1.82, 2.24) is 29.4 Å². The van der Waals surface area contributed by atoms with Gasteiger partial charge in [0.2, 0.25) is 5.95 Å². The van der Waals surface area contributed by atoms with E-state index in [1.165, 1.54) is 5.56 Å². The molecule has 134 valence electrons. The Balaban J connectivity index is 1.49. The van der Waals surface area contributed by atoms with E-state index in [1.807, 2.05) is 30.7 Å². The molecule has 1 aliphatic heterocycles. The first kappa shape index (κ1) is 16.7. The second-order valence-corrected chi connectivity index (χ2v) is 6.85. The van der Waals surface area contributed by atoms with Crippen molar-refractivity contribution < 1.29 is 0 Å². The molecule has 4 heterocycles. The zero-order valence-corrected chi connectivity index (χ0v) is 14.9. The van der Waals surface area contributed by atoms with Crippen molar-refractivity contribution in [3.8, 4) is 0 Å². The highest BCUT2D eigenvalue weighted by Crippen LogP contribution is 2.20. The summed E-state index contributed by atoms with van der Waals surface area (Å²) in [5.41, 5.74) is 1.23. The first-order chi connectivity index (χ1) is 12.8. The summed E-state index contributed by atoms with van der Waals surface area (Å²) in [4.78, 5) is 22.2. The predicted octanol–water partition coefficient (Wildman–Crippen LogP) is 1.84. The molecule has 4 rings (SSSR count). The van der Waals surface area contributed by atoms with Gasteiger partial charge in [0.25, 0.3) is 0 Å². The van der Waals surface area contributed by atoms with Crippen LogP contribution in [0.1, 0.15) is 11.4 Å². The molecule has 0 spiro atoms. The van der Waals surface area contributed by atoms with Gasteiger partial charge in [-0.05, 0) is 24.7 Å². The lowest BCUT2D eigenvalue weighted by molar-refractivity contribution is 0.256. The Morgan fingerprint density at radius 2 is 1.96 bits per heavy atom. The molecular weight excluding hydrogens is 326 g/mol. The van der Waals surface area contributed by atoms with Crippen molar-refractivity contribution >= 4 is 5.95 Å². The van der Waals surface area contributed by atoms with Crippen molar-refractivity contribution in [1.29, 1.82) is 0 Å². The van der Waals surface area contributed by atoms with Gasteiger partial charge < -0.3 is 14.4 Å². The van der Waals surface area contributed by atoms with E-state index in [4.69, 9.17) is 0 Å². The SMILES string of the molecule is CN(Cc1cccnc1)CC1CN(c2ncccn2)Cc2nccn2C1. The molecule has 1 atom stereocenters. The van der Waals surface area contributed by atoms with E-state index in [0.29, 0.717) is 5.92 Å². The molecule has 0 fully saturated rings. The minimum absolute atomic E-state index is 0.455. The lowest BCUT2D eigenvalue weighted by atomic mass is 10.1. The second-order valence-electron chi connectivity index (χ2n) is 6.85. The van der Waals surface area contributed by atoms with Crippen molar-refractivity contribution in [2.45, 2.75) is 19.6 Å². The van der Waals surface area contributed by atoms with Gasteiger partial charge in [-0.3, -0.25) is 4.98 Å². The van der Waals surface area contributed by atoms with E-state index in [9.17, 15) is 0 Å². The Labute approximate surface area is 153 Å². The molecular formula is C19H23N7. The molecule has 0 saturated carbocycles. The zero-order chi connectivity index (χ0) is 17.8. The maximum absolute atomic E-state index is 4.52. The number of nitrogens with zero attached hydrogens (tertiary/aromatic N) is 7. The molecule has 0 radical (unpaired) electrons. The van der Waals surface area contributed by atoms with Gasteiger partial charge in [-0.1, -0.05) is 6.07 Å². The smallest absolute Gasteiger partial charge is 0.225 e. The van der Waals surface area contributed by atoms with Crippen LogP contribution < -0.4 is 4.90 Å². The van der Waals surface area contributed by atoms with Crippen LogP contribution in [0.5, 0.6) is 0 Å². The van der Waals surface area contributed by atoms with Crippen LogP contribution in [-0.4, -0.2) is 49.5 Å². The van der Waals surface area contributed by atoms with Crippen molar-refractivity contribution in [2.75, 3.05) is 25.0 Å². The number of hydrogen-bond donors (Lipinski definition) is 0. The van der Waals surface area contributed by atoms with Gasteiger partial charge >= 0.3 is 0 Å². The minimum atomic E-state index is 0.455. The molecule has 1 aliphatic rings. The van der Waals surface area contributed by atoms with Crippen LogP contribution in [-0.2, 0) is 19.6 Å². The fraction of sp³-hybridized carbons (Fsp3) is 0.368. The molecule has 0 saturated heterocycles. The van der Waals surface area contributed by atoms with Crippen LogP contribution >= 0.6 is 0 Å². The van der Waals surface area contributed by atoms with E-state index in [-0.39, 0.29) is 0 Å². The van der Waals surface area contributed by atoms with Gasteiger partial charge in [-0.15, -0.1) is 0 Å². The van der Waals surface area contributed by atoms with E-state index in [1.54, 1.807) is 12.4 Å². The van der Waals surface area contributed by atoms with Crippen LogP contribution in [0.25, 0.3) is 0 Å². The fourth-order valence-corrected chi connectivity index (χ4v) is 3.57. The van der Waals surface area contributed by atoms with Gasteiger partial charge in [0.1, 0.15) is 5.82 Å². The molecule has 0 N–H and O–H groups in total. The van der Waals surface area contributed by atoms with Crippen LogP contribution in [0.3, 0.4) is 0 Å². The summed E-state index contributed by atoms with van der Waals surface area (Å²) in [5, 5.41) is 0. The lowest BCUT2D eigenvalue weighted by Gasteiger charge is -2.27. The summed E-state index contributed by atoms with van der Waals surface area (Å²) < 4.78 is 2.26. The summed E-state index contributed by atoms with van der Waals surface area (Å²) in [6.07, 6.45) is 11.3. The molecule has 0 bridgehead atoms. The van der Waals surface area contributed by atoms with Crippen molar-refractivity contribution in [3.63, 3.8) is 0 Å². The Bertz CT molecular complexity index is 818.